The molecule has 0 unspecified atom stereocenters. The molecule has 5 heteroatoms. The van der Waals surface area contributed by atoms with Crippen molar-refractivity contribution in [2.45, 2.75) is 26.3 Å². The highest BCUT2D eigenvalue weighted by molar-refractivity contribution is 9.10. The predicted octanol–water partition coefficient (Wildman–Crippen LogP) is 5.93. The van der Waals surface area contributed by atoms with Crippen LogP contribution < -0.4 is 14.4 Å². The Hall–Kier alpha value is -2.79. The van der Waals surface area contributed by atoms with Crippen molar-refractivity contribution in [2.24, 2.45) is 0 Å². The van der Waals surface area contributed by atoms with Crippen molar-refractivity contribution in [2.75, 3.05) is 18.1 Å². The smallest absolute Gasteiger partial charge is 0.232 e. The summed E-state index contributed by atoms with van der Waals surface area (Å²) >= 11 is 3.49. The summed E-state index contributed by atoms with van der Waals surface area (Å²) in [4.78, 5) is 15.2. The van der Waals surface area contributed by atoms with E-state index in [0.717, 1.165) is 26.9 Å². The molecule has 0 N–H and O–H groups in total. The molecule has 3 aromatic carbocycles. The van der Waals surface area contributed by atoms with E-state index in [2.05, 4.69) is 28.1 Å². The van der Waals surface area contributed by atoms with Crippen LogP contribution in [-0.4, -0.2) is 19.1 Å². The number of hydrogen-bond acceptors (Lipinski definition) is 3. The molecule has 1 atom stereocenters. The summed E-state index contributed by atoms with van der Waals surface area (Å²) in [5.74, 6) is 1.46. The Morgan fingerprint density at radius 2 is 1.57 bits per heavy atom. The van der Waals surface area contributed by atoms with Gasteiger partial charge in [-0.15, -0.1) is 0 Å². The van der Waals surface area contributed by atoms with Crippen LogP contribution in [0, 0.1) is 0 Å². The third kappa shape index (κ3) is 3.94. The van der Waals surface area contributed by atoms with E-state index in [1.807, 2.05) is 73.3 Å². The predicted molar refractivity (Wildman–Crippen MR) is 122 cm³/mol. The van der Waals surface area contributed by atoms with Crippen LogP contribution in [-0.2, 0) is 11.2 Å². The standard InChI is InChI=1S/C25H24BrNO3/c1-3-29-22-14-18-15-24(28)27(20-12-10-19(26)11-13-20)25(17-8-6-5-7-9-17)21(18)16-23(22)30-4-2/h5-14,16,25H,3-4,15H2,1-2H3/t25-/m1/s1. The van der Waals surface area contributed by atoms with E-state index in [4.69, 9.17) is 9.47 Å². The van der Waals surface area contributed by atoms with E-state index in [1.165, 1.54) is 0 Å². The number of nitrogens with zero attached hydrogens (tertiary/aromatic N) is 1. The minimum Gasteiger partial charge on any atom is -0.490 e. The van der Waals surface area contributed by atoms with Gasteiger partial charge in [0.1, 0.15) is 0 Å². The lowest BCUT2D eigenvalue weighted by Crippen LogP contribution is -2.41. The fraction of sp³-hybridized carbons (Fsp3) is 0.240. The molecular formula is C25H24BrNO3. The van der Waals surface area contributed by atoms with Crippen LogP contribution in [0.3, 0.4) is 0 Å². The maximum atomic E-state index is 13.3. The number of rotatable bonds is 6. The highest BCUT2D eigenvalue weighted by Gasteiger charge is 2.35. The normalized spacial score (nSPS) is 15.6. The number of fused-ring (bicyclic) bond motifs is 1. The van der Waals surface area contributed by atoms with Crippen molar-refractivity contribution in [3.63, 3.8) is 0 Å². The van der Waals surface area contributed by atoms with Gasteiger partial charge in [0.2, 0.25) is 5.91 Å². The Morgan fingerprint density at radius 3 is 2.20 bits per heavy atom. The molecule has 30 heavy (non-hydrogen) atoms. The lowest BCUT2D eigenvalue weighted by molar-refractivity contribution is -0.118. The first-order chi connectivity index (χ1) is 14.6. The zero-order chi connectivity index (χ0) is 21.1. The molecule has 0 aromatic heterocycles. The molecule has 4 rings (SSSR count). The van der Waals surface area contributed by atoms with Crippen LogP contribution in [0.25, 0.3) is 0 Å². The van der Waals surface area contributed by atoms with Crippen molar-refractivity contribution in [1.82, 2.24) is 0 Å². The number of anilines is 1. The summed E-state index contributed by atoms with van der Waals surface area (Å²) in [7, 11) is 0. The summed E-state index contributed by atoms with van der Waals surface area (Å²) in [5, 5.41) is 0. The summed E-state index contributed by atoms with van der Waals surface area (Å²) in [6.45, 7) is 4.99. The van der Waals surface area contributed by atoms with Crippen LogP contribution in [0.4, 0.5) is 5.69 Å². The molecule has 0 saturated heterocycles. The molecule has 0 fully saturated rings. The molecule has 154 valence electrons. The minimum atomic E-state index is -0.237. The number of carbonyl (C=O) groups excluding carboxylic acids is 1. The molecule has 4 nitrogen and oxygen atoms in total. The monoisotopic (exact) mass is 465 g/mol. The van der Waals surface area contributed by atoms with E-state index < -0.39 is 0 Å². The van der Waals surface area contributed by atoms with Crippen molar-refractivity contribution in [3.05, 3.63) is 87.9 Å². The summed E-state index contributed by atoms with van der Waals surface area (Å²) in [6, 6.07) is 21.8. The van der Waals surface area contributed by atoms with E-state index in [1.54, 1.807) is 0 Å². The number of halogens is 1. The molecular weight excluding hydrogens is 442 g/mol. The molecule has 0 spiro atoms. The van der Waals surface area contributed by atoms with E-state index in [-0.39, 0.29) is 11.9 Å². The lowest BCUT2D eigenvalue weighted by Gasteiger charge is -2.38. The van der Waals surface area contributed by atoms with Crippen LogP contribution in [0.15, 0.2) is 71.2 Å². The molecule has 0 bridgehead atoms. The van der Waals surface area contributed by atoms with Gasteiger partial charge in [-0.1, -0.05) is 46.3 Å². The van der Waals surface area contributed by atoms with Crippen molar-refractivity contribution in [3.8, 4) is 11.5 Å². The highest BCUT2D eigenvalue weighted by Crippen LogP contribution is 2.43. The molecule has 0 saturated carbocycles. The van der Waals surface area contributed by atoms with E-state index in [9.17, 15) is 4.79 Å². The molecule has 1 aliphatic rings. The molecule has 1 heterocycles. The summed E-state index contributed by atoms with van der Waals surface area (Å²) in [6.07, 6.45) is 0.321. The zero-order valence-electron chi connectivity index (χ0n) is 17.1. The average Bonchev–Trinajstić information content (AvgIpc) is 2.75. The van der Waals surface area contributed by atoms with Gasteiger partial charge in [0.05, 0.1) is 25.7 Å². The van der Waals surface area contributed by atoms with Crippen LogP contribution in [0.2, 0.25) is 0 Å². The minimum absolute atomic E-state index is 0.0604. The first-order valence-corrected chi connectivity index (χ1v) is 11.0. The SMILES string of the molecule is CCOc1cc2c(cc1OCC)[C@@H](c1ccccc1)N(c1ccc(Br)cc1)C(=O)C2. The Balaban J connectivity index is 1.91. The van der Waals surface area contributed by atoms with Crippen LogP contribution >= 0.6 is 15.9 Å². The zero-order valence-corrected chi connectivity index (χ0v) is 18.7. The Kier molecular flexibility index (Phi) is 6.09. The fourth-order valence-electron chi connectivity index (χ4n) is 3.95. The molecule has 0 aliphatic carbocycles. The van der Waals surface area contributed by atoms with Crippen LogP contribution in [0.1, 0.15) is 36.6 Å². The highest BCUT2D eigenvalue weighted by atomic mass is 79.9. The molecule has 0 radical (unpaired) electrons. The first kappa shape index (κ1) is 20.5. The molecule has 1 aliphatic heterocycles. The van der Waals surface area contributed by atoms with E-state index in [0.29, 0.717) is 31.1 Å². The van der Waals surface area contributed by atoms with Gasteiger partial charge < -0.3 is 14.4 Å². The number of hydrogen-bond donors (Lipinski definition) is 0. The van der Waals surface area contributed by atoms with Crippen molar-refractivity contribution < 1.29 is 14.3 Å². The first-order valence-electron chi connectivity index (χ1n) is 10.2. The number of ether oxygens (including phenoxy) is 2. The van der Waals surface area contributed by atoms with Crippen molar-refractivity contribution in [1.29, 1.82) is 0 Å². The lowest BCUT2D eigenvalue weighted by atomic mass is 9.87. The number of benzene rings is 3. The quantitative estimate of drug-likeness (QED) is 0.453. The topological polar surface area (TPSA) is 38.8 Å². The van der Waals surface area contributed by atoms with Gasteiger partial charge in [0, 0.05) is 10.2 Å². The van der Waals surface area contributed by atoms with Gasteiger partial charge in [-0.25, -0.2) is 0 Å². The second-order valence-corrected chi connectivity index (χ2v) is 8.01. The van der Waals surface area contributed by atoms with Gasteiger partial charge in [-0.05, 0) is 66.9 Å². The van der Waals surface area contributed by atoms with E-state index >= 15 is 0 Å². The summed E-state index contributed by atoms with van der Waals surface area (Å²) < 4.78 is 12.7. The van der Waals surface area contributed by atoms with Crippen molar-refractivity contribution >= 4 is 27.5 Å². The molecule has 3 aromatic rings. The van der Waals surface area contributed by atoms with Gasteiger partial charge >= 0.3 is 0 Å². The third-order valence-electron chi connectivity index (χ3n) is 5.19. The number of amides is 1. The maximum Gasteiger partial charge on any atom is 0.232 e. The average molecular weight is 466 g/mol. The largest absolute Gasteiger partial charge is 0.490 e. The van der Waals surface area contributed by atoms with Gasteiger partial charge in [0.15, 0.2) is 11.5 Å². The maximum absolute atomic E-state index is 13.3. The summed E-state index contributed by atoms with van der Waals surface area (Å²) in [5.41, 5.74) is 3.97. The Morgan fingerprint density at radius 1 is 0.933 bits per heavy atom. The second-order valence-electron chi connectivity index (χ2n) is 7.09. The Labute approximate surface area is 185 Å². The Bertz CT molecular complexity index is 1030. The van der Waals surface area contributed by atoms with Gasteiger partial charge in [-0.3, -0.25) is 4.79 Å². The molecule has 1 amide bonds. The van der Waals surface area contributed by atoms with Gasteiger partial charge in [-0.2, -0.15) is 0 Å². The van der Waals surface area contributed by atoms with Crippen LogP contribution in [0.5, 0.6) is 11.5 Å². The fourth-order valence-corrected chi connectivity index (χ4v) is 4.22. The van der Waals surface area contributed by atoms with Gasteiger partial charge in [0.25, 0.3) is 0 Å². The third-order valence-corrected chi connectivity index (χ3v) is 5.72. The number of carbonyl (C=O) groups is 1. The second kappa shape index (κ2) is 8.92.